The maximum Gasteiger partial charge on any atom is 0.287 e. The van der Waals surface area contributed by atoms with Crippen molar-refractivity contribution in [2.45, 2.75) is 19.5 Å². The Balaban J connectivity index is 2.16. The zero-order valence-electron chi connectivity index (χ0n) is 13.9. The van der Waals surface area contributed by atoms with E-state index in [1.807, 2.05) is 0 Å². The number of hydrogen-bond acceptors (Lipinski definition) is 5. The first kappa shape index (κ1) is 19.1. The topological polar surface area (TPSA) is 82.4 Å². The molecule has 2 aromatic rings. The van der Waals surface area contributed by atoms with Gasteiger partial charge < -0.3 is 14.8 Å². The summed E-state index contributed by atoms with van der Waals surface area (Å²) in [5.41, 5.74) is 0.112. The predicted octanol–water partition coefficient (Wildman–Crippen LogP) is 2.44. The fourth-order valence-electron chi connectivity index (χ4n) is 2.24. The molecule has 0 spiro atoms. The van der Waals surface area contributed by atoms with Crippen molar-refractivity contribution in [3.8, 4) is 11.5 Å². The Hall–Kier alpha value is -2.25. The van der Waals surface area contributed by atoms with Crippen LogP contribution in [0.25, 0.3) is 0 Å². The third-order valence-corrected chi connectivity index (χ3v) is 4.27. The summed E-state index contributed by atoms with van der Waals surface area (Å²) in [7, 11) is 3.09. The number of ether oxygens (including phenoxy) is 2. The second kappa shape index (κ2) is 8.22. The molecule has 0 fully saturated rings. The van der Waals surface area contributed by atoms with Crippen LogP contribution in [0.1, 0.15) is 18.5 Å². The van der Waals surface area contributed by atoms with E-state index in [1.54, 1.807) is 39.3 Å². The van der Waals surface area contributed by atoms with Crippen molar-refractivity contribution in [3.05, 3.63) is 50.4 Å². The molecular weight excluding hydrogens is 369 g/mol. The number of aromatic nitrogens is 2. The van der Waals surface area contributed by atoms with E-state index in [0.29, 0.717) is 11.5 Å². The Bertz CT molecular complexity index is 839. The quantitative estimate of drug-likeness (QED) is 0.825. The second-order valence-corrected chi connectivity index (χ2v) is 5.95. The molecule has 2 rings (SSSR count). The van der Waals surface area contributed by atoms with Gasteiger partial charge >= 0.3 is 0 Å². The van der Waals surface area contributed by atoms with Gasteiger partial charge in [0.05, 0.1) is 31.5 Å². The predicted molar refractivity (Wildman–Crippen MR) is 94.6 cm³/mol. The van der Waals surface area contributed by atoms with Crippen molar-refractivity contribution in [1.82, 2.24) is 15.1 Å². The van der Waals surface area contributed by atoms with Crippen LogP contribution in [0.3, 0.4) is 0 Å². The number of nitrogens with zero attached hydrogens (tertiary/aromatic N) is 2. The number of carbonyl (C=O) groups is 1. The van der Waals surface area contributed by atoms with Gasteiger partial charge in [0.25, 0.3) is 5.56 Å². The summed E-state index contributed by atoms with van der Waals surface area (Å²) >= 11 is 11.5. The van der Waals surface area contributed by atoms with E-state index in [4.69, 9.17) is 32.7 Å². The lowest BCUT2D eigenvalue weighted by Gasteiger charge is -2.18. The fourth-order valence-corrected chi connectivity index (χ4v) is 2.51. The highest BCUT2D eigenvalue weighted by Crippen LogP contribution is 2.29. The normalized spacial score (nSPS) is 11.7. The molecule has 1 atom stereocenters. The highest BCUT2D eigenvalue weighted by Gasteiger charge is 2.17. The minimum atomic E-state index is -0.629. The van der Waals surface area contributed by atoms with Gasteiger partial charge in [0.15, 0.2) is 0 Å². The number of nitrogens with one attached hydrogen (secondary N) is 1. The molecule has 1 aromatic carbocycles. The monoisotopic (exact) mass is 385 g/mol. The van der Waals surface area contributed by atoms with E-state index in [2.05, 4.69) is 10.4 Å². The van der Waals surface area contributed by atoms with Crippen LogP contribution in [-0.2, 0) is 11.3 Å². The summed E-state index contributed by atoms with van der Waals surface area (Å²) in [6, 6.07) is 4.90. The molecule has 25 heavy (non-hydrogen) atoms. The summed E-state index contributed by atoms with van der Waals surface area (Å²) in [6.07, 6.45) is 1.22. The first-order valence-electron chi connectivity index (χ1n) is 7.29. The van der Waals surface area contributed by atoms with E-state index in [-0.39, 0.29) is 22.6 Å². The lowest BCUT2D eigenvalue weighted by Crippen LogP contribution is -2.35. The lowest BCUT2D eigenvalue weighted by atomic mass is 10.1. The van der Waals surface area contributed by atoms with Gasteiger partial charge in [-0.15, -0.1) is 0 Å². The summed E-state index contributed by atoms with van der Waals surface area (Å²) in [6.45, 7) is 1.51. The smallest absolute Gasteiger partial charge is 0.287 e. The van der Waals surface area contributed by atoms with Crippen molar-refractivity contribution in [2.24, 2.45) is 0 Å². The van der Waals surface area contributed by atoms with Gasteiger partial charge in [-0.3, -0.25) is 9.59 Å². The first-order chi connectivity index (χ1) is 11.9. The van der Waals surface area contributed by atoms with Gasteiger partial charge in [-0.25, -0.2) is 4.68 Å². The third-order valence-electron chi connectivity index (χ3n) is 3.52. The van der Waals surface area contributed by atoms with E-state index in [1.165, 1.54) is 6.20 Å². The number of rotatable bonds is 6. The summed E-state index contributed by atoms with van der Waals surface area (Å²) in [5.74, 6) is 0.836. The van der Waals surface area contributed by atoms with Crippen LogP contribution in [0.5, 0.6) is 11.5 Å². The summed E-state index contributed by atoms with van der Waals surface area (Å²) in [5, 5.41) is 6.45. The van der Waals surface area contributed by atoms with Crippen LogP contribution in [0, 0.1) is 0 Å². The van der Waals surface area contributed by atoms with Crippen molar-refractivity contribution in [1.29, 1.82) is 0 Å². The molecule has 0 aliphatic carbocycles. The molecule has 9 heteroatoms. The van der Waals surface area contributed by atoms with Gasteiger partial charge in [0.1, 0.15) is 23.1 Å². The highest BCUT2D eigenvalue weighted by molar-refractivity contribution is 6.41. The number of hydrogen-bond donors (Lipinski definition) is 1. The first-order valence-corrected chi connectivity index (χ1v) is 8.05. The molecule has 0 radical (unpaired) electrons. The van der Waals surface area contributed by atoms with Gasteiger partial charge in [-0.2, -0.15) is 5.10 Å². The summed E-state index contributed by atoms with van der Waals surface area (Å²) in [4.78, 5) is 24.2. The molecular formula is C16H17Cl2N3O4. The van der Waals surface area contributed by atoms with Crippen molar-refractivity contribution < 1.29 is 14.3 Å². The average Bonchev–Trinajstić information content (AvgIpc) is 2.61. The van der Waals surface area contributed by atoms with Gasteiger partial charge in [0.2, 0.25) is 5.91 Å². The molecule has 1 amide bonds. The number of halogens is 2. The fraction of sp³-hybridized carbons (Fsp3) is 0.312. The number of carbonyl (C=O) groups excluding carboxylic acids is 1. The van der Waals surface area contributed by atoms with E-state index < -0.39 is 11.5 Å². The van der Waals surface area contributed by atoms with Crippen LogP contribution >= 0.6 is 23.2 Å². The van der Waals surface area contributed by atoms with Gasteiger partial charge in [-0.1, -0.05) is 23.2 Å². The molecule has 1 N–H and O–H groups in total. The molecule has 7 nitrogen and oxygen atoms in total. The lowest BCUT2D eigenvalue weighted by molar-refractivity contribution is -0.122. The zero-order chi connectivity index (χ0) is 18.6. The van der Waals surface area contributed by atoms with Crippen molar-refractivity contribution in [3.63, 3.8) is 0 Å². The van der Waals surface area contributed by atoms with Crippen LogP contribution < -0.4 is 20.3 Å². The molecule has 1 heterocycles. The molecule has 0 bridgehead atoms. The molecule has 0 aliphatic heterocycles. The van der Waals surface area contributed by atoms with E-state index in [0.717, 1.165) is 10.2 Å². The molecule has 0 saturated carbocycles. The van der Waals surface area contributed by atoms with Crippen LogP contribution in [0.4, 0.5) is 0 Å². The molecule has 0 saturated heterocycles. The molecule has 1 aromatic heterocycles. The Morgan fingerprint density at radius 2 is 2.04 bits per heavy atom. The average molecular weight is 386 g/mol. The van der Waals surface area contributed by atoms with Crippen molar-refractivity contribution in [2.75, 3.05) is 14.2 Å². The number of benzene rings is 1. The molecule has 134 valence electrons. The third kappa shape index (κ3) is 4.43. The molecule has 0 aliphatic rings. The maximum absolute atomic E-state index is 12.2. The van der Waals surface area contributed by atoms with Crippen LogP contribution in [0.2, 0.25) is 10.0 Å². The van der Waals surface area contributed by atoms with E-state index >= 15 is 0 Å². The zero-order valence-corrected chi connectivity index (χ0v) is 15.4. The maximum atomic E-state index is 12.2. The van der Waals surface area contributed by atoms with Gasteiger partial charge in [-0.05, 0) is 25.1 Å². The second-order valence-electron chi connectivity index (χ2n) is 5.17. The SMILES string of the molecule is COc1ccc(OC)c(C(C)NC(=O)Cn2ncc(Cl)c(Cl)c2=O)c1. The Kier molecular flexibility index (Phi) is 6.27. The number of methoxy groups -OCH3 is 2. The minimum absolute atomic E-state index is 0.0396. The minimum Gasteiger partial charge on any atom is -0.497 e. The van der Waals surface area contributed by atoms with Crippen LogP contribution in [0.15, 0.2) is 29.2 Å². The van der Waals surface area contributed by atoms with E-state index in [9.17, 15) is 9.59 Å². The standard InChI is InChI=1S/C16H17Cl2N3O4/c1-9(11-6-10(24-2)4-5-13(11)25-3)20-14(22)8-21-16(23)15(18)12(17)7-19-21/h4-7,9H,8H2,1-3H3,(H,20,22). The Morgan fingerprint density at radius 3 is 2.68 bits per heavy atom. The Labute approximate surface area is 154 Å². The highest BCUT2D eigenvalue weighted by atomic mass is 35.5. The summed E-state index contributed by atoms with van der Waals surface area (Å²) < 4.78 is 11.4. The molecule has 1 unspecified atom stereocenters. The van der Waals surface area contributed by atoms with Crippen LogP contribution in [-0.4, -0.2) is 29.9 Å². The Morgan fingerprint density at radius 1 is 1.32 bits per heavy atom. The van der Waals surface area contributed by atoms with Crippen molar-refractivity contribution >= 4 is 29.1 Å². The number of amides is 1. The van der Waals surface area contributed by atoms with Gasteiger partial charge in [0, 0.05) is 5.56 Å². The largest absolute Gasteiger partial charge is 0.497 e.